The molecule has 0 aliphatic heterocycles. The zero-order valence-electron chi connectivity index (χ0n) is 26.7. The lowest BCUT2D eigenvalue weighted by atomic mass is 9.92. The van der Waals surface area contributed by atoms with Gasteiger partial charge in [0.1, 0.15) is 5.75 Å². The van der Waals surface area contributed by atoms with Crippen LogP contribution >= 0.6 is 0 Å². The number of rotatable bonds is 20. The molecule has 0 radical (unpaired) electrons. The van der Waals surface area contributed by atoms with Crippen LogP contribution in [-0.2, 0) is 4.74 Å². The molecule has 42 heavy (non-hydrogen) atoms. The zero-order chi connectivity index (χ0) is 30.0. The summed E-state index contributed by atoms with van der Waals surface area (Å²) in [6, 6.07) is 24.2. The van der Waals surface area contributed by atoms with Crippen LogP contribution in [0.5, 0.6) is 5.75 Å². The van der Waals surface area contributed by atoms with Crippen molar-refractivity contribution >= 4 is 5.97 Å². The Morgan fingerprint density at radius 3 is 1.69 bits per heavy atom. The third-order valence-corrected chi connectivity index (χ3v) is 8.39. The van der Waals surface area contributed by atoms with Crippen LogP contribution in [0, 0.1) is 0 Å². The predicted molar refractivity (Wildman–Crippen MR) is 177 cm³/mol. The van der Waals surface area contributed by atoms with Crippen LogP contribution in [-0.4, -0.2) is 12.6 Å². The molecule has 0 amide bonds. The largest absolute Gasteiger partial charge is 0.423 e. The van der Waals surface area contributed by atoms with E-state index in [-0.39, 0.29) is 12.1 Å². The first-order valence-electron chi connectivity index (χ1n) is 16.7. The maximum atomic E-state index is 12.7. The molecule has 3 heteroatoms. The fourth-order valence-electron chi connectivity index (χ4n) is 5.62. The summed E-state index contributed by atoms with van der Waals surface area (Å²) in [5.74, 6) is 0.810. The van der Waals surface area contributed by atoms with E-state index in [1.54, 1.807) is 0 Å². The summed E-state index contributed by atoms with van der Waals surface area (Å²) in [6.07, 6.45) is 16.9. The van der Waals surface area contributed by atoms with Crippen LogP contribution in [0.25, 0.3) is 11.1 Å². The standard InChI is InChI=1S/C39H54O3/c1-5-8-9-10-11-12-13-14-15-16-30-41-31(4)33-18-20-35(21-19-33)36-22-24-37(25-23-36)39(40)42-38-28-26-34(27-29-38)32(7-3)17-6-2/h18-29,31-32H,5-17,30H2,1-4H3. The molecular formula is C39H54O3. The van der Waals surface area contributed by atoms with Gasteiger partial charge in [-0.1, -0.05) is 134 Å². The second-order valence-electron chi connectivity index (χ2n) is 11.7. The highest BCUT2D eigenvalue weighted by atomic mass is 16.5. The van der Waals surface area contributed by atoms with E-state index in [0.717, 1.165) is 30.6 Å². The van der Waals surface area contributed by atoms with Crippen LogP contribution in [0.15, 0.2) is 72.8 Å². The number of benzene rings is 3. The summed E-state index contributed by atoms with van der Waals surface area (Å²) in [5.41, 5.74) is 5.24. The first-order chi connectivity index (χ1) is 20.5. The molecule has 0 aliphatic rings. The van der Waals surface area contributed by atoms with Gasteiger partial charge < -0.3 is 9.47 Å². The summed E-state index contributed by atoms with van der Waals surface area (Å²) < 4.78 is 11.8. The van der Waals surface area contributed by atoms with Gasteiger partial charge in [0, 0.05) is 6.61 Å². The highest BCUT2D eigenvalue weighted by Crippen LogP contribution is 2.27. The summed E-state index contributed by atoms with van der Waals surface area (Å²) in [7, 11) is 0. The second-order valence-corrected chi connectivity index (χ2v) is 11.7. The third-order valence-electron chi connectivity index (χ3n) is 8.39. The lowest BCUT2D eigenvalue weighted by molar-refractivity contribution is 0.0627. The molecule has 2 atom stereocenters. The van der Waals surface area contributed by atoms with Crippen molar-refractivity contribution in [2.45, 2.75) is 123 Å². The predicted octanol–water partition coefficient (Wildman–Crippen LogP) is 11.9. The lowest BCUT2D eigenvalue weighted by Gasteiger charge is -2.15. The molecule has 0 aromatic heterocycles. The summed E-state index contributed by atoms with van der Waals surface area (Å²) >= 11 is 0. The normalized spacial score (nSPS) is 12.7. The fourth-order valence-corrected chi connectivity index (χ4v) is 5.62. The highest BCUT2D eigenvalue weighted by molar-refractivity contribution is 5.91. The molecule has 0 bridgehead atoms. The number of hydrogen-bond donors (Lipinski definition) is 0. The zero-order valence-corrected chi connectivity index (χ0v) is 26.7. The van der Waals surface area contributed by atoms with Crippen molar-refractivity contribution in [3.8, 4) is 16.9 Å². The summed E-state index contributed by atoms with van der Waals surface area (Å²) in [4.78, 5) is 12.7. The molecule has 3 rings (SSSR count). The Bertz CT molecular complexity index is 1130. The summed E-state index contributed by atoms with van der Waals surface area (Å²) in [5, 5.41) is 0. The number of unbranched alkanes of at least 4 members (excludes halogenated alkanes) is 9. The number of hydrogen-bond acceptors (Lipinski definition) is 3. The Morgan fingerprint density at radius 2 is 1.14 bits per heavy atom. The quantitative estimate of drug-likeness (QED) is 0.0770. The molecule has 0 fully saturated rings. The van der Waals surface area contributed by atoms with E-state index in [1.165, 1.54) is 81.8 Å². The Kier molecular flexibility index (Phi) is 15.4. The average Bonchev–Trinajstić information content (AvgIpc) is 3.03. The Balaban J connectivity index is 1.40. The van der Waals surface area contributed by atoms with Gasteiger partial charge in [-0.15, -0.1) is 0 Å². The molecule has 0 spiro atoms. The smallest absolute Gasteiger partial charge is 0.343 e. The van der Waals surface area contributed by atoms with Gasteiger partial charge in [0.2, 0.25) is 0 Å². The van der Waals surface area contributed by atoms with Crippen LogP contribution < -0.4 is 4.74 Å². The molecular weight excluding hydrogens is 516 g/mol. The monoisotopic (exact) mass is 570 g/mol. The average molecular weight is 571 g/mol. The van der Waals surface area contributed by atoms with Crippen molar-refractivity contribution in [3.05, 3.63) is 89.5 Å². The SMILES string of the molecule is CCCCCCCCCCCCOC(C)c1ccc(-c2ccc(C(=O)Oc3ccc(C(CC)CCC)cc3)cc2)cc1. The maximum Gasteiger partial charge on any atom is 0.343 e. The van der Waals surface area contributed by atoms with Gasteiger partial charge in [-0.25, -0.2) is 4.79 Å². The molecule has 228 valence electrons. The van der Waals surface area contributed by atoms with Gasteiger partial charge in [-0.2, -0.15) is 0 Å². The van der Waals surface area contributed by atoms with E-state index in [0.29, 0.717) is 17.2 Å². The molecule has 2 unspecified atom stereocenters. The minimum atomic E-state index is -0.335. The minimum absolute atomic E-state index is 0.0864. The number of carbonyl (C=O) groups is 1. The van der Waals surface area contributed by atoms with E-state index in [4.69, 9.17) is 9.47 Å². The fraction of sp³-hybridized carbons (Fsp3) is 0.513. The molecule has 0 saturated heterocycles. The van der Waals surface area contributed by atoms with Gasteiger partial charge in [-0.3, -0.25) is 0 Å². The number of esters is 1. The van der Waals surface area contributed by atoms with Crippen molar-refractivity contribution in [2.24, 2.45) is 0 Å². The first-order valence-corrected chi connectivity index (χ1v) is 16.7. The van der Waals surface area contributed by atoms with Crippen molar-refractivity contribution < 1.29 is 14.3 Å². The molecule has 0 saturated carbocycles. The Labute approximate surface area is 256 Å². The first kappa shape index (κ1) is 33.6. The molecule has 3 nitrogen and oxygen atoms in total. The van der Waals surface area contributed by atoms with E-state index >= 15 is 0 Å². The van der Waals surface area contributed by atoms with Crippen molar-refractivity contribution in [1.82, 2.24) is 0 Å². The molecule has 0 N–H and O–H groups in total. The second kappa shape index (κ2) is 19.3. The Hall–Kier alpha value is -2.91. The molecule has 0 aliphatic carbocycles. The van der Waals surface area contributed by atoms with Gasteiger partial charge in [0.15, 0.2) is 0 Å². The maximum absolute atomic E-state index is 12.7. The van der Waals surface area contributed by atoms with Crippen molar-refractivity contribution in [3.63, 3.8) is 0 Å². The topological polar surface area (TPSA) is 35.5 Å². The van der Waals surface area contributed by atoms with E-state index < -0.39 is 0 Å². The van der Waals surface area contributed by atoms with Crippen molar-refractivity contribution in [2.75, 3.05) is 6.61 Å². The third kappa shape index (κ3) is 11.4. The highest BCUT2D eigenvalue weighted by Gasteiger charge is 2.12. The van der Waals surface area contributed by atoms with Crippen LogP contribution in [0.1, 0.15) is 145 Å². The lowest BCUT2D eigenvalue weighted by Crippen LogP contribution is -2.08. The van der Waals surface area contributed by atoms with E-state index in [2.05, 4.69) is 64.1 Å². The Morgan fingerprint density at radius 1 is 0.619 bits per heavy atom. The minimum Gasteiger partial charge on any atom is -0.423 e. The van der Waals surface area contributed by atoms with Crippen LogP contribution in [0.3, 0.4) is 0 Å². The van der Waals surface area contributed by atoms with Gasteiger partial charge >= 0.3 is 5.97 Å². The van der Waals surface area contributed by atoms with E-state index in [9.17, 15) is 4.79 Å². The molecule has 3 aromatic rings. The van der Waals surface area contributed by atoms with Crippen molar-refractivity contribution in [1.29, 1.82) is 0 Å². The van der Waals surface area contributed by atoms with Crippen LogP contribution in [0.4, 0.5) is 0 Å². The number of carbonyl (C=O) groups excluding carboxylic acids is 1. The van der Waals surface area contributed by atoms with Gasteiger partial charge in [0.25, 0.3) is 0 Å². The molecule has 3 aromatic carbocycles. The van der Waals surface area contributed by atoms with Crippen LogP contribution in [0.2, 0.25) is 0 Å². The summed E-state index contributed by atoms with van der Waals surface area (Å²) in [6.45, 7) is 9.67. The van der Waals surface area contributed by atoms with Gasteiger partial charge in [0.05, 0.1) is 11.7 Å². The van der Waals surface area contributed by atoms with Gasteiger partial charge in [-0.05, 0) is 78.6 Å². The van der Waals surface area contributed by atoms with E-state index in [1.807, 2.05) is 36.4 Å². The number of ether oxygens (including phenoxy) is 2. The molecule has 0 heterocycles.